The summed E-state index contributed by atoms with van der Waals surface area (Å²) in [5, 5.41) is 9.90. The number of allylic oxidation sites excluding steroid dienone is 1. The Morgan fingerprint density at radius 1 is 1.16 bits per heavy atom. The minimum atomic E-state index is -0.798. The fraction of sp³-hybridized carbons (Fsp3) is 0.320. The van der Waals surface area contributed by atoms with Crippen LogP contribution >= 0.6 is 0 Å². The second-order valence-electron chi connectivity index (χ2n) is 8.74. The Labute approximate surface area is 181 Å². The Morgan fingerprint density at radius 2 is 1.84 bits per heavy atom. The van der Waals surface area contributed by atoms with E-state index in [1.165, 1.54) is 0 Å². The minimum Gasteiger partial charge on any atom is -0.481 e. The second-order valence-corrected chi connectivity index (χ2v) is 8.74. The number of nitrogens with zero attached hydrogens (tertiary/aromatic N) is 2. The number of hydrogen-bond donors (Lipinski definition) is 1. The van der Waals surface area contributed by atoms with Crippen LogP contribution in [0.15, 0.2) is 58.0 Å². The van der Waals surface area contributed by atoms with Gasteiger partial charge >= 0.3 is 11.6 Å². The SMILES string of the molecule is CC1=CC(C)(C)N(CCCC(=O)O)c2cc3oc(=O)c(-c4cc[n+](C)cc4)cc3cc21. The highest BCUT2D eigenvalue weighted by molar-refractivity contribution is 5.93. The summed E-state index contributed by atoms with van der Waals surface area (Å²) < 4.78 is 7.65. The van der Waals surface area contributed by atoms with Crippen molar-refractivity contribution in [3.63, 3.8) is 0 Å². The van der Waals surface area contributed by atoms with E-state index in [0.29, 0.717) is 24.1 Å². The zero-order valence-electron chi connectivity index (χ0n) is 18.3. The lowest BCUT2D eigenvalue weighted by Crippen LogP contribution is -2.45. The number of anilines is 1. The summed E-state index contributed by atoms with van der Waals surface area (Å²) in [6.07, 6.45) is 6.66. The molecule has 1 N–H and O–H groups in total. The topological polar surface area (TPSA) is 74.6 Å². The minimum absolute atomic E-state index is 0.117. The Balaban J connectivity index is 1.83. The van der Waals surface area contributed by atoms with E-state index in [2.05, 4.69) is 37.8 Å². The molecule has 160 valence electrons. The molecule has 0 saturated heterocycles. The van der Waals surface area contributed by atoms with Crippen LogP contribution in [0.4, 0.5) is 5.69 Å². The fourth-order valence-corrected chi connectivity index (χ4v) is 4.37. The van der Waals surface area contributed by atoms with Gasteiger partial charge in [-0.05, 0) is 44.9 Å². The monoisotopic (exact) mass is 419 g/mol. The molecule has 31 heavy (non-hydrogen) atoms. The highest BCUT2D eigenvalue weighted by Gasteiger charge is 2.31. The molecule has 3 heterocycles. The van der Waals surface area contributed by atoms with E-state index in [9.17, 15) is 9.59 Å². The first-order valence-corrected chi connectivity index (χ1v) is 10.4. The van der Waals surface area contributed by atoms with Crippen molar-refractivity contribution in [1.29, 1.82) is 0 Å². The van der Waals surface area contributed by atoms with Crippen molar-refractivity contribution < 1.29 is 18.9 Å². The number of rotatable bonds is 5. The molecule has 2 aromatic heterocycles. The molecular formula is C25H27N2O4+. The predicted molar refractivity (Wildman–Crippen MR) is 121 cm³/mol. The normalized spacial score (nSPS) is 15.0. The van der Waals surface area contributed by atoms with Crippen molar-refractivity contribution in [3.8, 4) is 11.1 Å². The van der Waals surface area contributed by atoms with Crippen LogP contribution in [-0.4, -0.2) is 23.2 Å². The molecule has 0 spiro atoms. The van der Waals surface area contributed by atoms with Crippen LogP contribution in [0.5, 0.6) is 0 Å². The molecule has 0 saturated carbocycles. The zero-order valence-corrected chi connectivity index (χ0v) is 18.3. The average molecular weight is 420 g/mol. The summed E-state index contributed by atoms with van der Waals surface area (Å²) in [5.74, 6) is -0.798. The first-order chi connectivity index (χ1) is 14.7. The standard InChI is InChI=1S/C25H26N2O4/c1-16-15-25(2,3)27(9-5-6-23(28)29)21-14-22-18(12-19(16)21)13-20(24(30)31-22)17-7-10-26(4)11-8-17/h7-8,10-15H,5-6,9H2,1-4H3/p+1. The first kappa shape index (κ1) is 20.8. The molecule has 6 heteroatoms. The molecule has 0 atom stereocenters. The van der Waals surface area contributed by atoms with Gasteiger partial charge in [0, 0.05) is 53.4 Å². The Kier molecular flexibility index (Phi) is 5.17. The van der Waals surface area contributed by atoms with Gasteiger partial charge in [0.05, 0.1) is 11.1 Å². The molecule has 1 aromatic carbocycles. The van der Waals surface area contributed by atoms with Gasteiger partial charge < -0.3 is 14.4 Å². The van der Waals surface area contributed by atoms with E-state index < -0.39 is 5.97 Å². The number of hydrogen-bond acceptors (Lipinski definition) is 4. The maximum Gasteiger partial charge on any atom is 0.344 e. The average Bonchev–Trinajstić information content (AvgIpc) is 2.69. The van der Waals surface area contributed by atoms with E-state index in [0.717, 1.165) is 27.8 Å². The molecular weight excluding hydrogens is 392 g/mol. The quantitative estimate of drug-likeness (QED) is 0.497. The molecule has 0 unspecified atom stereocenters. The van der Waals surface area contributed by atoms with Crippen molar-refractivity contribution in [2.45, 2.75) is 39.2 Å². The molecule has 0 aliphatic carbocycles. The zero-order chi connectivity index (χ0) is 22.3. The van der Waals surface area contributed by atoms with Gasteiger partial charge in [0.2, 0.25) is 0 Å². The third-order valence-corrected chi connectivity index (χ3v) is 5.89. The number of benzene rings is 1. The predicted octanol–water partition coefficient (Wildman–Crippen LogP) is 4.15. The molecule has 3 aromatic rings. The highest BCUT2D eigenvalue weighted by Crippen LogP contribution is 2.41. The van der Waals surface area contributed by atoms with E-state index in [1.54, 1.807) is 0 Å². The summed E-state index contributed by atoms with van der Waals surface area (Å²) >= 11 is 0. The summed E-state index contributed by atoms with van der Waals surface area (Å²) in [5.41, 5.74) is 4.41. The maximum absolute atomic E-state index is 12.7. The highest BCUT2D eigenvalue weighted by atomic mass is 16.4. The first-order valence-electron chi connectivity index (χ1n) is 10.4. The van der Waals surface area contributed by atoms with Crippen molar-refractivity contribution in [2.24, 2.45) is 7.05 Å². The van der Waals surface area contributed by atoms with E-state index >= 15 is 0 Å². The maximum atomic E-state index is 12.7. The summed E-state index contributed by atoms with van der Waals surface area (Å²) in [6, 6.07) is 9.66. The molecule has 0 radical (unpaired) electrons. The van der Waals surface area contributed by atoms with Crippen LogP contribution in [0.3, 0.4) is 0 Å². The number of carboxylic acid groups (broad SMARTS) is 1. The lowest BCUT2D eigenvalue weighted by molar-refractivity contribution is -0.671. The Morgan fingerprint density at radius 3 is 2.52 bits per heavy atom. The number of aryl methyl sites for hydroxylation is 1. The van der Waals surface area contributed by atoms with Crippen LogP contribution in [-0.2, 0) is 11.8 Å². The molecule has 0 amide bonds. The number of pyridine rings is 1. The Hall–Kier alpha value is -3.41. The molecule has 6 nitrogen and oxygen atoms in total. The summed E-state index contributed by atoms with van der Waals surface area (Å²) in [4.78, 5) is 25.9. The number of aromatic nitrogens is 1. The lowest BCUT2D eigenvalue weighted by Gasteiger charge is -2.43. The molecule has 1 aliphatic rings. The van der Waals surface area contributed by atoms with Crippen molar-refractivity contribution in [3.05, 3.63) is 64.8 Å². The fourth-order valence-electron chi connectivity index (χ4n) is 4.37. The molecule has 0 bridgehead atoms. The van der Waals surface area contributed by atoms with E-state index in [1.807, 2.05) is 48.3 Å². The van der Waals surface area contributed by atoms with E-state index in [-0.39, 0.29) is 17.6 Å². The van der Waals surface area contributed by atoms with Crippen LogP contribution in [0, 0.1) is 0 Å². The van der Waals surface area contributed by atoms with Gasteiger partial charge in [0.15, 0.2) is 12.4 Å². The van der Waals surface area contributed by atoms with Crippen LogP contribution < -0.4 is 15.1 Å². The number of carbonyl (C=O) groups is 1. The van der Waals surface area contributed by atoms with Crippen molar-refractivity contribution in [1.82, 2.24) is 0 Å². The number of aliphatic carboxylic acids is 1. The van der Waals surface area contributed by atoms with Crippen LogP contribution in [0.1, 0.15) is 39.2 Å². The third kappa shape index (κ3) is 3.98. The second kappa shape index (κ2) is 7.69. The molecule has 1 aliphatic heterocycles. The number of fused-ring (bicyclic) bond motifs is 2. The van der Waals surface area contributed by atoms with Crippen LogP contribution in [0.25, 0.3) is 27.7 Å². The van der Waals surface area contributed by atoms with Gasteiger partial charge in [-0.2, -0.15) is 0 Å². The van der Waals surface area contributed by atoms with Gasteiger partial charge in [-0.3, -0.25) is 4.79 Å². The summed E-state index contributed by atoms with van der Waals surface area (Å²) in [6.45, 7) is 6.90. The Bertz CT molecular complexity index is 1250. The number of carboxylic acids is 1. The summed E-state index contributed by atoms with van der Waals surface area (Å²) in [7, 11) is 1.93. The molecule has 0 fully saturated rings. The van der Waals surface area contributed by atoms with Gasteiger partial charge in [0.25, 0.3) is 0 Å². The third-order valence-electron chi connectivity index (χ3n) is 5.89. The lowest BCUT2D eigenvalue weighted by atomic mass is 9.87. The van der Waals surface area contributed by atoms with Crippen LogP contribution in [0.2, 0.25) is 0 Å². The van der Waals surface area contributed by atoms with E-state index in [4.69, 9.17) is 9.52 Å². The smallest absolute Gasteiger partial charge is 0.344 e. The van der Waals surface area contributed by atoms with Gasteiger partial charge in [0.1, 0.15) is 12.6 Å². The van der Waals surface area contributed by atoms with Crippen molar-refractivity contribution >= 4 is 28.2 Å². The largest absolute Gasteiger partial charge is 0.481 e. The van der Waals surface area contributed by atoms with Crippen molar-refractivity contribution in [2.75, 3.05) is 11.4 Å². The van der Waals surface area contributed by atoms with Gasteiger partial charge in [-0.1, -0.05) is 6.08 Å². The van der Waals surface area contributed by atoms with Gasteiger partial charge in [-0.15, -0.1) is 0 Å². The molecule has 4 rings (SSSR count). The van der Waals surface area contributed by atoms with Gasteiger partial charge in [-0.25, -0.2) is 9.36 Å².